The van der Waals surface area contributed by atoms with Crippen molar-refractivity contribution in [3.05, 3.63) is 12.2 Å². The van der Waals surface area contributed by atoms with Crippen LogP contribution < -0.4 is 11.1 Å². The fourth-order valence-electron chi connectivity index (χ4n) is 6.77. The first-order chi connectivity index (χ1) is 25.8. The van der Waals surface area contributed by atoms with E-state index in [-0.39, 0.29) is 19.6 Å². The third kappa shape index (κ3) is 37.9. The fourth-order valence-corrected chi connectivity index (χ4v) is 7.52. The van der Waals surface area contributed by atoms with Crippen molar-refractivity contribution >= 4 is 13.7 Å². The molecule has 9 nitrogen and oxygen atoms in total. The third-order valence-electron chi connectivity index (χ3n) is 10.2. The molecule has 0 heterocycles. The maximum Gasteiger partial charge on any atom is 0.472 e. The topological polar surface area (TPSA) is 151 Å². The number of allylic oxidation sites excluding steroid dienone is 1. The number of hydrogen-bond acceptors (Lipinski definition) is 7. The van der Waals surface area contributed by atoms with Gasteiger partial charge in [-0.15, -0.1) is 0 Å². The molecule has 53 heavy (non-hydrogen) atoms. The summed E-state index contributed by atoms with van der Waals surface area (Å²) in [5.74, 6) is -0.444. The Morgan fingerprint density at radius 3 is 1.45 bits per heavy atom. The van der Waals surface area contributed by atoms with Crippen molar-refractivity contribution in [2.24, 2.45) is 5.73 Å². The number of phosphoric acid groups is 1. The van der Waals surface area contributed by atoms with E-state index in [1.165, 1.54) is 154 Å². The van der Waals surface area contributed by atoms with Crippen molar-refractivity contribution in [3.8, 4) is 0 Å². The number of carbonyl (C=O) groups excluding carboxylic acids is 1. The maximum atomic E-state index is 12.8. The zero-order valence-corrected chi connectivity index (χ0v) is 35.5. The minimum Gasteiger partial charge on any atom is -0.393 e. The molecule has 0 bridgehead atoms. The van der Waals surface area contributed by atoms with Gasteiger partial charge in [0.25, 0.3) is 0 Å². The average molecular weight is 775 g/mol. The Bertz CT molecular complexity index is 862. The molecule has 4 atom stereocenters. The normalized spacial score (nSPS) is 14.8. The number of aliphatic hydroxyl groups is 2. The summed E-state index contributed by atoms with van der Waals surface area (Å²) in [4.78, 5) is 22.7. The lowest BCUT2D eigenvalue weighted by Gasteiger charge is -2.24. The molecule has 0 aromatic carbocycles. The van der Waals surface area contributed by atoms with Gasteiger partial charge in [0.05, 0.1) is 37.9 Å². The van der Waals surface area contributed by atoms with Crippen LogP contribution in [0, 0.1) is 0 Å². The molecule has 6 N–H and O–H groups in total. The van der Waals surface area contributed by atoms with Gasteiger partial charge in [0, 0.05) is 6.54 Å². The molecule has 316 valence electrons. The quantitative estimate of drug-likeness (QED) is 0.0233. The summed E-state index contributed by atoms with van der Waals surface area (Å²) in [7, 11) is -4.39. The molecule has 0 aromatic heterocycles. The van der Waals surface area contributed by atoms with Crippen LogP contribution in [0.5, 0.6) is 0 Å². The van der Waals surface area contributed by atoms with E-state index in [9.17, 15) is 24.5 Å². The summed E-state index contributed by atoms with van der Waals surface area (Å²) >= 11 is 0. The van der Waals surface area contributed by atoms with E-state index >= 15 is 0 Å². The van der Waals surface area contributed by atoms with Gasteiger partial charge in [-0.1, -0.05) is 206 Å². The first-order valence-electron chi connectivity index (χ1n) is 22.4. The molecular formula is C43H87N2O7P. The van der Waals surface area contributed by atoms with Gasteiger partial charge in [-0.25, -0.2) is 4.57 Å². The van der Waals surface area contributed by atoms with Gasteiger partial charge in [-0.2, -0.15) is 0 Å². The number of carbonyl (C=O) groups is 1. The Balaban J connectivity index is 4.12. The molecule has 0 saturated carbocycles. The van der Waals surface area contributed by atoms with E-state index in [0.29, 0.717) is 6.42 Å². The van der Waals surface area contributed by atoms with Crippen LogP contribution >= 0.6 is 7.82 Å². The first-order valence-corrected chi connectivity index (χ1v) is 23.9. The van der Waals surface area contributed by atoms with Gasteiger partial charge >= 0.3 is 7.82 Å². The summed E-state index contributed by atoms with van der Waals surface area (Å²) in [5, 5.41) is 24.0. The molecule has 1 amide bonds. The smallest absolute Gasteiger partial charge is 0.393 e. The number of nitrogens with two attached hydrogens (primary N) is 1. The van der Waals surface area contributed by atoms with Crippen LogP contribution in [0.2, 0.25) is 0 Å². The highest BCUT2D eigenvalue weighted by Gasteiger charge is 2.27. The van der Waals surface area contributed by atoms with E-state index < -0.39 is 38.6 Å². The number of rotatable bonds is 42. The summed E-state index contributed by atoms with van der Waals surface area (Å²) < 4.78 is 22.0. The number of unbranched alkanes of at least 4 members (excludes halogenated alkanes) is 28. The number of hydrogen-bond donors (Lipinski definition) is 5. The lowest BCUT2D eigenvalue weighted by atomic mass is 10.0. The first kappa shape index (κ1) is 52.2. The Kier molecular flexibility index (Phi) is 38.8. The molecule has 10 heteroatoms. The van der Waals surface area contributed by atoms with E-state index in [1.807, 2.05) is 6.08 Å². The summed E-state index contributed by atoms with van der Waals surface area (Å²) in [5.41, 5.74) is 5.35. The molecule has 0 aliphatic heterocycles. The highest BCUT2D eigenvalue weighted by molar-refractivity contribution is 7.47. The SMILES string of the molecule is CCCCCCCCCC/C=C/C(O)C(COP(=O)(O)OCCN)NC(=O)CC(O)CCCCCCCCCCCCCCCCCCCCCCC. The number of amides is 1. The zero-order valence-electron chi connectivity index (χ0n) is 34.6. The van der Waals surface area contributed by atoms with Crippen LogP contribution in [0.3, 0.4) is 0 Å². The van der Waals surface area contributed by atoms with Gasteiger partial charge in [-0.05, 0) is 19.3 Å². The summed E-state index contributed by atoms with van der Waals surface area (Å²) in [6.07, 6.45) is 40.3. The van der Waals surface area contributed by atoms with Crippen molar-refractivity contribution in [1.82, 2.24) is 5.32 Å². The standard InChI is InChI=1S/C43H87N2O7P/c1-3-5-7-9-11-13-15-16-17-18-19-20-21-22-23-24-25-26-28-30-32-34-40(46)38-43(48)45-41(39-52-53(49,50)51-37-36-44)42(47)35-33-31-29-27-14-12-10-8-6-4-2/h33,35,40-42,46-47H,3-32,34,36-39,44H2,1-2H3,(H,45,48)(H,49,50)/b35-33+. The van der Waals surface area contributed by atoms with Gasteiger partial charge in [0.2, 0.25) is 5.91 Å². The Labute approximate surface area is 327 Å². The van der Waals surface area contributed by atoms with Crippen LogP contribution in [0.1, 0.15) is 219 Å². The summed E-state index contributed by atoms with van der Waals surface area (Å²) in [6.45, 7) is 3.97. The van der Waals surface area contributed by atoms with Crippen molar-refractivity contribution in [2.45, 2.75) is 238 Å². The van der Waals surface area contributed by atoms with Crippen LogP contribution in [-0.4, -0.2) is 59.0 Å². The molecule has 0 radical (unpaired) electrons. The highest BCUT2D eigenvalue weighted by atomic mass is 31.2. The van der Waals surface area contributed by atoms with E-state index in [2.05, 4.69) is 19.2 Å². The predicted molar refractivity (Wildman–Crippen MR) is 223 cm³/mol. The molecule has 0 saturated heterocycles. The van der Waals surface area contributed by atoms with Crippen molar-refractivity contribution in [2.75, 3.05) is 19.8 Å². The van der Waals surface area contributed by atoms with E-state index in [4.69, 9.17) is 14.8 Å². The predicted octanol–water partition coefficient (Wildman–Crippen LogP) is 11.4. The molecule has 0 aliphatic rings. The highest BCUT2D eigenvalue weighted by Crippen LogP contribution is 2.43. The fraction of sp³-hybridized carbons (Fsp3) is 0.930. The molecule has 0 rings (SSSR count). The molecule has 0 aromatic rings. The summed E-state index contributed by atoms with van der Waals surface area (Å²) in [6, 6.07) is -0.976. The van der Waals surface area contributed by atoms with Gasteiger partial charge < -0.3 is 26.2 Å². The lowest BCUT2D eigenvalue weighted by molar-refractivity contribution is -0.124. The molecular weight excluding hydrogens is 687 g/mol. The van der Waals surface area contributed by atoms with Crippen LogP contribution in [0.4, 0.5) is 0 Å². The van der Waals surface area contributed by atoms with Gasteiger partial charge in [0.15, 0.2) is 0 Å². The van der Waals surface area contributed by atoms with E-state index in [0.717, 1.165) is 38.5 Å². The monoisotopic (exact) mass is 775 g/mol. The second kappa shape index (κ2) is 39.4. The van der Waals surface area contributed by atoms with Crippen LogP contribution in [0.25, 0.3) is 0 Å². The van der Waals surface area contributed by atoms with E-state index in [1.54, 1.807) is 6.08 Å². The Hall–Kier alpha value is -0.800. The second-order valence-corrected chi connectivity index (χ2v) is 16.9. The number of phosphoric ester groups is 1. The molecule has 0 fully saturated rings. The van der Waals surface area contributed by atoms with Gasteiger partial charge in [-0.3, -0.25) is 13.8 Å². The van der Waals surface area contributed by atoms with Gasteiger partial charge in [0.1, 0.15) is 0 Å². The average Bonchev–Trinajstić information content (AvgIpc) is 3.13. The number of nitrogens with one attached hydrogen (secondary N) is 1. The number of aliphatic hydroxyl groups excluding tert-OH is 2. The molecule has 4 unspecified atom stereocenters. The second-order valence-electron chi connectivity index (χ2n) is 15.5. The van der Waals surface area contributed by atoms with Crippen molar-refractivity contribution in [1.29, 1.82) is 0 Å². The molecule has 0 aliphatic carbocycles. The largest absolute Gasteiger partial charge is 0.472 e. The third-order valence-corrected chi connectivity index (χ3v) is 11.2. The van der Waals surface area contributed by atoms with Crippen LogP contribution in [-0.2, 0) is 18.4 Å². The zero-order chi connectivity index (χ0) is 39.1. The Morgan fingerprint density at radius 2 is 1.04 bits per heavy atom. The minimum atomic E-state index is -4.39. The lowest BCUT2D eigenvalue weighted by Crippen LogP contribution is -2.46. The minimum absolute atomic E-state index is 0.0512. The van der Waals surface area contributed by atoms with Crippen LogP contribution in [0.15, 0.2) is 12.2 Å². The molecule has 0 spiro atoms. The Morgan fingerprint density at radius 1 is 0.642 bits per heavy atom. The van der Waals surface area contributed by atoms with Crippen molar-refractivity contribution in [3.63, 3.8) is 0 Å². The maximum absolute atomic E-state index is 12.8. The van der Waals surface area contributed by atoms with Crippen molar-refractivity contribution < 1.29 is 33.5 Å².